The third-order valence-electron chi connectivity index (χ3n) is 2.15. The lowest BCUT2D eigenvalue weighted by Gasteiger charge is -2.07. The zero-order valence-corrected chi connectivity index (χ0v) is 10.9. The van der Waals surface area contributed by atoms with E-state index in [9.17, 15) is 4.79 Å². The number of esters is 1. The van der Waals surface area contributed by atoms with E-state index >= 15 is 0 Å². The van der Waals surface area contributed by atoms with Crippen molar-refractivity contribution in [2.75, 3.05) is 13.2 Å². The quantitative estimate of drug-likeness (QED) is 0.259. The molecule has 6 heteroatoms. The van der Waals surface area contributed by atoms with Crippen LogP contribution >= 0.6 is 0 Å². The van der Waals surface area contributed by atoms with Gasteiger partial charge in [0.2, 0.25) is 0 Å². The first-order valence-corrected chi connectivity index (χ1v) is 5.88. The van der Waals surface area contributed by atoms with E-state index in [4.69, 9.17) is 15.0 Å². The normalized spacial score (nSPS) is 10.5. The number of para-hydroxylation sites is 1. The Bertz CT molecular complexity index is 520. The van der Waals surface area contributed by atoms with Crippen LogP contribution in [0.1, 0.15) is 19.4 Å². The van der Waals surface area contributed by atoms with Crippen LogP contribution in [0.15, 0.2) is 35.1 Å². The van der Waals surface area contributed by atoms with Crippen LogP contribution in [0, 0.1) is 0 Å². The zero-order chi connectivity index (χ0) is 14.1. The van der Waals surface area contributed by atoms with Gasteiger partial charge in [-0.25, -0.2) is 4.79 Å². The molecule has 0 heterocycles. The van der Waals surface area contributed by atoms with Gasteiger partial charge in [-0.05, 0) is 31.5 Å². The largest absolute Gasteiger partial charge is 0.493 e. The summed E-state index contributed by atoms with van der Waals surface area (Å²) in [5, 5.41) is 3.35. The molecule has 0 radical (unpaired) electrons. The van der Waals surface area contributed by atoms with Gasteiger partial charge in [0, 0.05) is 10.5 Å². The molecule has 0 aliphatic rings. The van der Waals surface area contributed by atoms with E-state index in [0.717, 1.165) is 0 Å². The van der Waals surface area contributed by atoms with E-state index in [1.807, 2.05) is 13.0 Å². The fourth-order valence-electron chi connectivity index (χ4n) is 1.42. The Morgan fingerprint density at radius 1 is 1.37 bits per heavy atom. The molecule has 0 atom stereocenters. The summed E-state index contributed by atoms with van der Waals surface area (Å²) >= 11 is 0. The Morgan fingerprint density at radius 3 is 2.74 bits per heavy atom. The Balaban J connectivity index is 3.14. The SMILES string of the molecule is CCOC(=O)/C(=C/c1ccccc1OCC)N=[N+]=[N-]. The predicted octanol–water partition coefficient (Wildman–Crippen LogP) is 3.30. The monoisotopic (exact) mass is 261 g/mol. The zero-order valence-electron chi connectivity index (χ0n) is 10.9. The number of ether oxygens (including phenoxy) is 2. The van der Waals surface area contributed by atoms with Gasteiger partial charge >= 0.3 is 5.97 Å². The Morgan fingerprint density at radius 2 is 2.11 bits per heavy atom. The van der Waals surface area contributed by atoms with E-state index in [1.54, 1.807) is 25.1 Å². The second-order valence-corrected chi connectivity index (χ2v) is 3.41. The summed E-state index contributed by atoms with van der Waals surface area (Å²) in [4.78, 5) is 14.2. The number of hydrogen-bond donors (Lipinski definition) is 0. The van der Waals surface area contributed by atoms with E-state index < -0.39 is 5.97 Å². The number of rotatable bonds is 6. The van der Waals surface area contributed by atoms with Gasteiger partial charge in [0.15, 0.2) is 0 Å². The van der Waals surface area contributed by atoms with Gasteiger partial charge in [-0.2, -0.15) is 0 Å². The minimum Gasteiger partial charge on any atom is -0.493 e. The number of azide groups is 1. The maximum atomic E-state index is 11.6. The molecule has 0 amide bonds. The molecule has 19 heavy (non-hydrogen) atoms. The van der Waals surface area contributed by atoms with Crippen molar-refractivity contribution in [3.63, 3.8) is 0 Å². The molecule has 0 saturated heterocycles. The van der Waals surface area contributed by atoms with E-state index in [1.165, 1.54) is 6.08 Å². The predicted molar refractivity (Wildman–Crippen MR) is 71.4 cm³/mol. The summed E-state index contributed by atoms with van der Waals surface area (Å²) in [5.41, 5.74) is 9.04. The van der Waals surface area contributed by atoms with Crippen molar-refractivity contribution >= 4 is 12.0 Å². The fraction of sp³-hybridized carbons (Fsp3) is 0.308. The molecular formula is C13H15N3O3. The molecule has 0 aliphatic heterocycles. The van der Waals surface area contributed by atoms with Crippen LogP contribution in [0.25, 0.3) is 16.5 Å². The van der Waals surface area contributed by atoms with Crippen LogP contribution in [0.5, 0.6) is 5.75 Å². The van der Waals surface area contributed by atoms with Crippen molar-refractivity contribution in [2.24, 2.45) is 5.11 Å². The third kappa shape index (κ3) is 4.37. The maximum Gasteiger partial charge on any atom is 0.340 e. The molecule has 0 aromatic heterocycles. The van der Waals surface area contributed by atoms with Crippen molar-refractivity contribution in [2.45, 2.75) is 13.8 Å². The standard InChI is InChI=1S/C13H15N3O3/c1-3-18-12-8-6-5-7-10(12)9-11(15-16-14)13(17)19-4-2/h5-9H,3-4H2,1-2H3/b11-9-. The molecule has 0 aliphatic carbocycles. The van der Waals surface area contributed by atoms with Gasteiger partial charge in [0.25, 0.3) is 0 Å². The van der Waals surface area contributed by atoms with Crippen LogP contribution in [0.4, 0.5) is 0 Å². The number of benzene rings is 1. The molecule has 0 unspecified atom stereocenters. The second-order valence-electron chi connectivity index (χ2n) is 3.41. The molecule has 1 aromatic rings. The van der Waals surface area contributed by atoms with E-state index in [0.29, 0.717) is 17.9 Å². The van der Waals surface area contributed by atoms with Crippen LogP contribution in [0.3, 0.4) is 0 Å². The molecule has 0 fully saturated rings. The molecule has 100 valence electrons. The average molecular weight is 261 g/mol. The Labute approximate surface area is 111 Å². The number of carbonyl (C=O) groups excluding carboxylic acids is 1. The lowest BCUT2D eigenvalue weighted by molar-refractivity contribution is -0.138. The first-order valence-electron chi connectivity index (χ1n) is 5.88. The topological polar surface area (TPSA) is 84.3 Å². The lowest BCUT2D eigenvalue weighted by Crippen LogP contribution is -2.05. The van der Waals surface area contributed by atoms with Gasteiger partial charge in [-0.15, -0.1) is 0 Å². The van der Waals surface area contributed by atoms with Gasteiger partial charge < -0.3 is 9.47 Å². The smallest absolute Gasteiger partial charge is 0.340 e. The Kier molecular flexibility index (Phi) is 5.98. The third-order valence-corrected chi connectivity index (χ3v) is 2.15. The van der Waals surface area contributed by atoms with Crippen LogP contribution in [0.2, 0.25) is 0 Å². The maximum absolute atomic E-state index is 11.6. The fourth-order valence-corrected chi connectivity index (χ4v) is 1.42. The summed E-state index contributed by atoms with van der Waals surface area (Å²) in [6.07, 6.45) is 1.45. The van der Waals surface area contributed by atoms with Gasteiger partial charge in [-0.3, -0.25) is 0 Å². The summed E-state index contributed by atoms with van der Waals surface area (Å²) in [6, 6.07) is 7.15. The number of hydrogen-bond acceptors (Lipinski definition) is 4. The summed E-state index contributed by atoms with van der Waals surface area (Å²) in [6.45, 7) is 4.26. The summed E-state index contributed by atoms with van der Waals surface area (Å²) in [5.74, 6) is -0.0495. The molecule has 1 rings (SSSR count). The molecule has 0 N–H and O–H groups in total. The van der Waals surface area contributed by atoms with Crippen molar-refractivity contribution < 1.29 is 14.3 Å². The molecular weight excluding hydrogens is 246 g/mol. The molecule has 0 saturated carbocycles. The first kappa shape index (κ1) is 14.6. The highest BCUT2D eigenvalue weighted by Gasteiger charge is 2.10. The summed E-state index contributed by atoms with van der Waals surface area (Å²) in [7, 11) is 0. The van der Waals surface area contributed by atoms with Crippen molar-refractivity contribution in [3.05, 3.63) is 46.0 Å². The van der Waals surface area contributed by atoms with E-state index in [-0.39, 0.29) is 12.3 Å². The second kappa shape index (κ2) is 7.79. The Hall–Kier alpha value is -2.46. The molecule has 6 nitrogen and oxygen atoms in total. The van der Waals surface area contributed by atoms with Crippen LogP contribution in [-0.4, -0.2) is 19.2 Å². The average Bonchev–Trinajstić information content (AvgIpc) is 2.41. The lowest BCUT2D eigenvalue weighted by atomic mass is 10.1. The molecule has 0 spiro atoms. The van der Waals surface area contributed by atoms with E-state index in [2.05, 4.69) is 10.0 Å². The highest BCUT2D eigenvalue weighted by atomic mass is 16.5. The minimum absolute atomic E-state index is 0.100. The molecule has 1 aromatic carbocycles. The van der Waals surface area contributed by atoms with Crippen molar-refractivity contribution in [3.8, 4) is 5.75 Å². The van der Waals surface area contributed by atoms with Gasteiger partial charge in [-0.1, -0.05) is 23.3 Å². The number of carbonyl (C=O) groups is 1. The minimum atomic E-state index is -0.661. The van der Waals surface area contributed by atoms with Crippen LogP contribution < -0.4 is 4.74 Å². The van der Waals surface area contributed by atoms with Gasteiger partial charge in [0.05, 0.1) is 13.2 Å². The van der Waals surface area contributed by atoms with Crippen molar-refractivity contribution in [1.29, 1.82) is 0 Å². The van der Waals surface area contributed by atoms with Crippen molar-refractivity contribution in [1.82, 2.24) is 0 Å². The van der Waals surface area contributed by atoms with Crippen LogP contribution in [-0.2, 0) is 9.53 Å². The first-order chi connectivity index (χ1) is 9.22. The highest BCUT2D eigenvalue weighted by Crippen LogP contribution is 2.21. The summed E-state index contributed by atoms with van der Waals surface area (Å²) < 4.78 is 10.2. The van der Waals surface area contributed by atoms with Gasteiger partial charge in [0.1, 0.15) is 11.4 Å². The number of nitrogens with zero attached hydrogens (tertiary/aromatic N) is 3. The molecule has 0 bridgehead atoms. The highest BCUT2D eigenvalue weighted by molar-refractivity contribution is 5.93.